The van der Waals surface area contributed by atoms with E-state index in [9.17, 15) is 9.18 Å². The minimum atomic E-state index is -0.425. The molecule has 0 spiro atoms. The topological polar surface area (TPSA) is 55.1 Å². The van der Waals surface area contributed by atoms with E-state index in [4.69, 9.17) is 5.73 Å². The van der Waals surface area contributed by atoms with Crippen molar-refractivity contribution < 1.29 is 9.18 Å². The quantitative estimate of drug-likeness (QED) is 0.801. The summed E-state index contributed by atoms with van der Waals surface area (Å²) in [6.07, 6.45) is 3.12. The van der Waals surface area contributed by atoms with Crippen molar-refractivity contribution in [2.45, 2.75) is 32.6 Å². The maximum Gasteiger partial charge on any atom is 0.224 e. The van der Waals surface area contributed by atoms with Crippen molar-refractivity contribution >= 4 is 27.5 Å². The van der Waals surface area contributed by atoms with Gasteiger partial charge in [0.05, 0.1) is 5.69 Å². The molecule has 0 saturated heterocycles. The first kappa shape index (κ1) is 16.1. The first-order valence-corrected chi connectivity index (χ1v) is 7.31. The highest BCUT2D eigenvalue weighted by Gasteiger charge is 2.11. The third kappa shape index (κ3) is 5.70. The molecular formula is C14H20BrFN2O. The molecule has 1 aromatic carbocycles. The standard InChI is InChI=1S/C14H20BrFN2O/c1-2-10(7-8-17)3-6-14(19)18-13-9-11(15)4-5-12(13)16/h4-5,9-10H,2-3,6-8,17H2,1H3,(H,18,19). The van der Waals surface area contributed by atoms with Gasteiger partial charge in [0, 0.05) is 10.9 Å². The smallest absolute Gasteiger partial charge is 0.224 e. The first-order chi connectivity index (χ1) is 9.06. The van der Waals surface area contributed by atoms with Gasteiger partial charge >= 0.3 is 0 Å². The molecule has 0 aliphatic rings. The highest BCUT2D eigenvalue weighted by atomic mass is 79.9. The van der Waals surface area contributed by atoms with E-state index >= 15 is 0 Å². The molecule has 0 heterocycles. The molecule has 1 atom stereocenters. The average Bonchev–Trinajstić information content (AvgIpc) is 2.39. The zero-order valence-electron chi connectivity index (χ0n) is 11.1. The van der Waals surface area contributed by atoms with Crippen LogP contribution in [0.2, 0.25) is 0 Å². The predicted molar refractivity (Wildman–Crippen MR) is 79.4 cm³/mol. The minimum absolute atomic E-state index is 0.160. The Labute approximate surface area is 121 Å². The van der Waals surface area contributed by atoms with E-state index in [0.29, 0.717) is 18.9 Å². The normalized spacial score (nSPS) is 12.2. The SMILES string of the molecule is CCC(CCN)CCC(=O)Nc1cc(Br)ccc1F. The molecule has 0 saturated carbocycles. The third-order valence-corrected chi connectivity index (χ3v) is 3.63. The molecule has 3 N–H and O–H groups in total. The molecule has 1 unspecified atom stereocenters. The molecule has 0 aliphatic heterocycles. The van der Waals surface area contributed by atoms with Gasteiger partial charge in [0.25, 0.3) is 0 Å². The largest absolute Gasteiger partial charge is 0.330 e. The molecule has 0 radical (unpaired) electrons. The van der Waals surface area contributed by atoms with Crippen LogP contribution in [0.15, 0.2) is 22.7 Å². The van der Waals surface area contributed by atoms with Crippen molar-refractivity contribution in [1.29, 1.82) is 0 Å². The second-order valence-electron chi connectivity index (χ2n) is 4.56. The van der Waals surface area contributed by atoms with Crippen LogP contribution in [0.3, 0.4) is 0 Å². The maximum absolute atomic E-state index is 13.5. The van der Waals surface area contributed by atoms with Gasteiger partial charge in [-0.2, -0.15) is 0 Å². The van der Waals surface area contributed by atoms with Crippen LogP contribution in [-0.4, -0.2) is 12.5 Å². The summed E-state index contributed by atoms with van der Waals surface area (Å²) in [6, 6.07) is 4.48. The lowest BCUT2D eigenvalue weighted by molar-refractivity contribution is -0.116. The van der Waals surface area contributed by atoms with E-state index < -0.39 is 5.82 Å². The zero-order valence-corrected chi connectivity index (χ0v) is 12.7. The molecule has 0 aliphatic carbocycles. The van der Waals surface area contributed by atoms with Crippen LogP contribution in [0.5, 0.6) is 0 Å². The number of nitrogens with two attached hydrogens (primary N) is 1. The van der Waals surface area contributed by atoms with Gasteiger partial charge in [-0.15, -0.1) is 0 Å². The Hall–Kier alpha value is -0.940. The molecule has 0 bridgehead atoms. The summed E-state index contributed by atoms with van der Waals surface area (Å²) in [5.41, 5.74) is 5.73. The molecule has 19 heavy (non-hydrogen) atoms. The summed E-state index contributed by atoms with van der Waals surface area (Å²) < 4.78 is 14.2. The Bertz CT molecular complexity index is 426. The van der Waals surface area contributed by atoms with Crippen LogP contribution in [-0.2, 0) is 4.79 Å². The van der Waals surface area contributed by atoms with Crippen molar-refractivity contribution in [3.8, 4) is 0 Å². The number of hydrogen-bond donors (Lipinski definition) is 2. The second-order valence-corrected chi connectivity index (χ2v) is 5.48. The van der Waals surface area contributed by atoms with Crippen LogP contribution in [0.25, 0.3) is 0 Å². The number of halogens is 2. The lowest BCUT2D eigenvalue weighted by Gasteiger charge is -2.13. The predicted octanol–water partition coefficient (Wildman–Crippen LogP) is 3.68. The zero-order chi connectivity index (χ0) is 14.3. The van der Waals surface area contributed by atoms with Crippen LogP contribution in [0, 0.1) is 11.7 Å². The van der Waals surface area contributed by atoms with Crippen LogP contribution < -0.4 is 11.1 Å². The lowest BCUT2D eigenvalue weighted by Crippen LogP contribution is -2.15. The number of nitrogens with one attached hydrogen (secondary N) is 1. The van der Waals surface area contributed by atoms with Crippen LogP contribution >= 0.6 is 15.9 Å². The Morgan fingerprint density at radius 1 is 1.47 bits per heavy atom. The summed E-state index contributed by atoms with van der Waals surface area (Å²) in [4.78, 5) is 11.8. The van der Waals surface area contributed by atoms with Crippen LogP contribution in [0.4, 0.5) is 10.1 Å². The molecule has 0 fully saturated rings. The van der Waals surface area contributed by atoms with E-state index in [1.165, 1.54) is 6.07 Å². The van der Waals surface area contributed by atoms with Gasteiger partial charge < -0.3 is 11.1 Å². The van der Waals surface area contributed by atoms with Gasteiger partial charge in [0.15, 0.2) is 0 Å². The molecule has 5 heteroatoms. The minimum Gasteiger partial charge on any atom is -0.330 e. The van der Waals surface area contributed by atoms with Crippen molar-refractivity contribution in [2.24, 2.45) is 11.7 Å². The number of hydrogen-bond acceptors (Lipinski definition) is 2. The third-order valence-electron chi connectivity index (χ3n) is 3.13. The monoisotopic (exact) mass is 330 g/mol. The number of carbonyl (C=O) groups is 1. The van der Waals surface area contributed by atoms with Gasteiger partial charge in [-0.3, -0.25) is 4.79 Å². The van der Waals surface area contributed by atoms with Crippen molar-refractivity contribution in [1.82, 2.24) is 0 Å². The maximum atomic E-state index is 13.5. The Morgan fingerprint density at radius 2 is 2.21 bits per heavy atom. The van der Waals surface area contributed by atoms with Crippen molar-refractivity contribution in [2.75, 3.05) is 11.9 Å². The number of anilines is 1. The fourth-order valence-corrected chi connectivity index (χ4v) is 2.29. The molecule has 1 aromatic rings. The van der Waals surface area contributed by atoms with E-state index in [1.807, 2.05) is 0 Å². The molecule has 0 aromatic heterocycles. The van der Waals surface area contributed by atoms with Gasteiger partial charge in [-0.05, 0) is 43.5 Å². The molecule has 1 amide bonds. The molecule has 3 nitrogen and oxygen atoms in total. The number of carbonyl (C=O) groups excluding carboxylic acids is 1. The highest BCUT2D eigenvalue weighted by molar-refractivity contribution is 9.10. The summed E-state index contributed by atoms with van der Waals surface area (Å²) in [5, 5.41) is 2.60. The van der Waals surface area contributed by atoms with Crippen molar-refractivity contribution in [3.05, 3.63) is 28.5 Å². The highest BCUT2D eigenvalue weighted by Crippen LogP contribution is 2.21. The van der Waals surface area contributed by atoms with Gasteiger partial charge in [-0.1, -0.05) is 29.3 Å². The Balaban J connectivity index is 2.48. The van der Waals surface area contributed by atoms with Crippen LogP contribution in [0.1, 0.15) is 32.6 Å². The number of amides is 1. The summed E-state index contributed by atoms with van der Waals surface area (Å²) >= 11 is 3.25. The number of benzene rings is 1. The summed E-state index contributed by atoms with van der Waals surface area (Å²) in [6.45, 7) is 2.73. The van der Waals surface area contributed by atoms with E-state index in [-0.39, 0.29) is 11.6 Å². The van der Waals surface area contributed by atoms with E-state index in [0.717, 1.165) is 23.7 Å². The average molecular weight is 331 g/mol. The Morgan fingerprint density at radius 3 is 2.84 bits per heavy atom. The first-order valence-electron chi connectivity index (χ1n) is 6.51. The molecular weight excluding hydrogens is 311 g/mol. The summed E-state index contributed by atoms with van der Waals surface area (Å²) in [7, 11) is 0. The Kier molecular flexibility index (Phi) is 7.02. The van der Waals surface area contributed by atoms with Gasteiger partial charge in [0.1, 0.15) is 5.82 Å². The summed E-state index contributed by atoms with van der Waals surface area (Å²) in [5.74, 6) is -0.124. The fraction of sp³-hybridized carbons (Fsp3) is 0.500. The second kappa shape index (κ2) is 8.27. The van der Waals surface area contributed by atoms with Crippen molar-refractivity contribution in [3.63, 3.8) is 0 Å². The van der Waals surface area contributed by atoms with Gasteiger partial charge in [-0.25, -0.2) is 4.39 Å². The molecule has 106 valence electrons. The fourth-order valence-electron chi connectivity index (χ4n) is 1.93. The number of rotatable bonds is 7. The lowest BCUT2D eigenvalue weighted by atomic mass is 9.96. The van der Waals surface area contributed by atoms with E-state index in [1.54, 1.807) is 12.1 Å². The van der Waals surface area contributed by atoms with Gasteiger partial charge in [0.2, 0.25) is 5.91 Å². The van der Waals surface area contributed by atoms with E-state index in [2.05, 4.69) is 28.2 Å². The molecule has 1 rings (SSSR count).